The first kappa shape index (κ1) is 11.6. The lowest BCUT2D eigenvalue weighted by Gasteiger charge is -2.10. The molecular weight excluding hydrogens is 234 g/mol. The van der Waals surface area contributed by atoms with Crippen LogP contribution in [0.3, 0.4) is 0 Å². The molecule has 0 radical (unpaired) electrons. The highest BCUT2D eigenvalue weighted by atomic mass is 35.5. The molecule has 88 valence electrons. The van der Waals surface area contributed by atoms with Crippen molar-refractivity contribution in [3.63, 3.8) is 0 Å². The van der Waals surface area contributed by atoms with Crippen molar-refractivity contribution in [2.45, 2.75) is 6.54 Å². The van der Waals surface area contributed by atoms with E-state index in [1.165, 1.54) is 0 Å². The zero-order valence-corrected chi connectivity index (χ0v) is 10.0. The first-order valence-corrected chi connectivity index (χ1v) is 5.67. The van der Waals surface area contributed by atoms with Crippen LogP contribution in [0.2, 0.25) is 5.02 Å². The lowest BCUT2D eigenvalue weighted by Crippen LogP contribution is -2.04. The normalized spacial score (nSPS) is 10.2. The average molecular weight is 248 g/mol. The van der Waals surface area contributed by atoms with Gasteiger partial charge in [-0.05, 0) is 35.9 Å². The summed E-state index contributed by atoms with van der Waals surface area (Å²) in [6, 6.07) is 13.0. The Morgan fingerprint density at radius 1 is 1.06 bits per heavy atom. The molecule has 5 N–H and O–H groups in total. The molecule has 0 atom stereocenters. The van der Waals surface area contributed by atoms with Crippen LogP contribution in [0.1, 0.15) is 5.56 Å². The largest absolute Gasteiger partial charge is 0.399 e. The number of benzene rings is 2. The van der Waals surface area contributed by atoms with Crippen LogP contribution in [0.15, 0.2) is 42.5 Å². The molecule has 0 aliphatic rings. The summed E-state index contributed by atoms with van der Waals surface area (Å²) in [4.78, 5) is 0. The molecule has 2 rings (SSSR count). The molecule has 4 heteroatoms. The van der Waals surface area contributed by atoms with E-state index in [-0.39, 0.29) is 0 Å². The highest BCUT2D eigenvalue weighted by molar-refractivity contribution is 6.33. The Balaban J connectivity index is 2.12. The van der Waals surface area contributed by atoms with Crippen LogP contribution in [0.25, 0.3) is 0 Å². The Hall–Kier alpha value is -1.87. The second-order valence-corrected chi connectivity index (χ2v) is 4.20. The molecule has 0 bridgehead atoms. The van der Waals surface area contributed by atoms with Gasteiger partial charge in [0.25, 0.3) is 0 Å². The summed E-state index contributed by atoms with van der Waals surface area (Å²) in [6.07, 6.45) is 0. The van der Waals surface area contributed by atoms with Crippen molar-refractivity contribution < 1.29 is 0 Å². The minimum atomic E-state index is 0.598. The molecule has 3 nitrogen and oxygen atoms in total. The van der Waals surface area contributed by atoms with E-state index in [4.69, 9.17) is 23.1 Å². The summed E-state index contributed by atoms with van der Waals surface area (Å²) >= 11 is 6.04. The third-order valence-corrected chi connectivity index (χ3v) is 2.84. The fourth-order valence-corrected chi connectivity index (χ4v) is 1.78. The third kappa shape index (κ3) is 2.82. The van der Waals surface area contributed by atoms with Gasteiger partial charge < -0.3 is 16.8 Å². The van der Waals surface area contributed by atoms with E-state index in [2.05, 4.69) is 5.32 Å². The van der Waals surface area contributed by atoms with Gasteiger partial charge >= 0.3 is 0 Å². The zero-order chi connectivity index (χ0) is 12.3. The number of nitrogens with two attached hydrogens (primary N) is 2. The van der Waals surface area contributed by atoms with E-state index in [1.54, 1.807) is 12.1 Å². The smallest absolute Gasteiger partial charge is 0.0637 e. The number of nitrogens with one attached hydrogen (secondary N) is 1. The molecule has 0 fully saturated rings. The van der Waals surface area contributed by atoms with Gasteiger partial charge in [-0.15, -0.1) is 0 Å². The lowest BCUT2D eigenvalue weighted by atomic mass is 10.1. The van der Waals surface area contributed by atoms with E-state index < -0.39 is 0 Å². The van der Waals surface area contributed by atoms with Crippen molar-refractivity contribution >= 4 is 28.7 Å². The number of nitrogen functional groups attached to an aromatic ring is 2. The third-order valence-electron chi connectivity index (χ3n) is 2.51. The molecule has 0 unspecified atom stereocenters. The average Bonchev–Trinajstić information content (AvgIpc) is 2.32. The molecule has 0 aliphatic heterocycles. The standard InChI is InChI=1S/C13H14ClN3/c14-11-3-1-2-4-13(11)17-8-9-7-10(15)5-6-12(9)16/h1-7,17H,8,15-16H2. The van der Waals surface area contributed by atoms with E-state index in [0.717, 1.165) is 16.9 Å². The highest BCUT2D eigenvalue weighted by Gasteiger charge is 2.02. The number of hydrogen-bond donors (Lipinski definition) is 3. The van der Waals surface area contributed by atoms with E-state index in [0.29, 0.717) is 17.3 Å². The molecule has 0 saturated heterocycles. The Morgan fingerprint density at radius 3 is 2.59 bits per heavy atom. The van der Waals surface area contributed by atoms with Gasteiger partial charge in [0.05, 0.1) is 10.7 Å². The summed E-state index contributed by atoms with van der Waals surface area (Å²) in [5.41, 5.74) is 14.9. The van der Waals surface area contributed by atoms with Crippen molar-refractivity contribution in [1.29, 1.82) is 0 Å². The maximum absolute atomic E-state index is 6.04. The SMILES string of the molecule is Nc1ccc(N)c(CNc2ccccc2Cl)c1. The van der Waals surface area contributed by atoms with Crippen LogP contribution in [-0.2, 0) is 6.54 Å². The van der Waals surface area contributed by atoms with Gasteiger partial charge in [0.15, 0.2) is 0 Å². The Morgan fingerprint density at radius 2 is 1.82 bits per heavy atom. The van der Waals surface area contributed by atoms with Crippen LogP contribution >= 0.6 is 11.6 Å². The van der Waals surface area contributed by atoms with Gasteiger partial charge in [-0.2, -0.15) is 0 Å². The molecule has 0 aromatic heterocycles. The minimum Gasteiger partial charge on any atom is -0.399 e. The summed E-state index contributed by atoms with van der Waals surface area (Å²) in [6.45, 7) is 0.598. The van der Waals surface area contributed by atoms with E-state index in [9.17, 15) is 0 Å². The molecule has 0 saturated carbocycles. The fraction of sp³-hybridized carbons (Fsp3) is 0.0769. The molecule has 0 aliphatic carbocycles. The number of anilines is 3. The van der Waals surface area contributed by atoms with Crippen molar-refractivity contribution in [3.05, 3.63) is 53.1 Å². The Labute approximate surface area is 105 Å². The first-order chi connectivity index (χ1) is 8.16. The van der Waals surface area contributed by atoms with Crippen LogP contribution in [-0.4, -0.2) is 0 Å². The second kappa shape index (κ2) is 4.97. The predicted molar refractivity (Wildman–Crippen MR) is 74.0 cm³/mol. The van der Waals surface area contributed by atoms with E-state index >= 15 is 0 Å². The predicted octanol–water partition coefficient (Wildman–Crippen LogP) is 3.12. The topological polar surface area (TPSA) is 64.1 Å². The van der Waals surface area contributed by atoms with Crippen molar-refractivity contribution in [2.24, 2.45) is 0 Å². The maximum Gasteiger partial charge on any atom is 0.0637 e. The second-order valence-electron chi connectivity index (χ2n) is 3.79. The number of halogens is 1. The number of rotatable bonds is 3. The molecule has 2 aromatic carbocycles. The van der Waals surface area contributed by atoms with Crippen molar-refractivity contribution in [2.75, 3.05) is 16.8 Å². The monoisotopic (exact) mass is 247 g/mol. The number of hydrogen-bond acceptors (Lipinski definition) is 3. The van der Waals surface area contributed by atoms with Gasteiger partial charge in [0.2, 0.25) is 0 Å². The van der Waals surface area contributed by atoms with Gasteiger partial charge in [-0.3, -0.25) is 0 Å². The van der Waals surface area contributed by atoms with E-state index in [1.807, 2.05) is 30.3 Å². The van der Waals surface area contributed by atoms with Crippen LogP contribution < -0.4 is 16.8 Å². The quantitative estimate of drug-likeness (QED) is 0.731. The zero-order valence-electron chi connectivity index (χ0n) is 9.28. The van der Waals surface area contributed by atoms with Gasteiger partial charge in [0.1, 0.15) is 0 Å². The molecule has 0 spiro atoms. The first-order valence-electron chi connectivity index (χ1n) is 5.29. The fourth-order valence-electron chi connectivity index (χ4n) is 1.57. The minimum absolute atomic E-state index is 0.598. The molecule has 2 aromatic rings. The summed E-state index contributed by atoms with van der Waals surface area (Å²) in [7, 11) is 0. The summed E-state index contributed by atoms with van der Waals surface area (Å²) in [5, 5.41) is 3.92. The van der Waals surface area contributed by atoms with Crippen LogP contribution in [0.5, 0.6) is 0 Å². The molecule has 17 heavy (non-hydrogen) atoms. The van der Waals surface area contributed by atoms with Gasteiger partial charge in [-0.25, -0.2) is 0 Å². The van der Waals surface area contributed by atoms with Crippen LogP contribution in [0, 0.1) is 0 Å². The van der Waals surface area contributed by atoms with Crippen molar-refractivity contribution in [3.8, 4) is 0 Å². The summed E-state index contributed by atoms with van der Waals surface area (Å²) in [5.74, 6) is 0. The Bertz CT molecular complexity index is 526. The molecule has 0 amide bonds. The molecular formula is C13H14ClN3. The van der Waals surface area contributed by atoms with Crippen molar-refractivity contribution in [1.82, 2.24) is 0 Å². The number of para-hydroxylation sites is 1. The summed E-state index contributed by atoms with van der Waals surface area (Å²) < 4.78 is 0. The van der Waals surface area contributed by atoms with Gasteiger partial charge in [0, 0.05) is 17.9 Å². The van der Waals surface area contributed by atoms with Crippen LogP contribution in [0.4, 0.5) is 17.1 Å². The lowest BCUT2D eigenvalue weighted by molar-refractivity contribution is 1.15. The molecule has 0 heterocycles. The highest BCUT2D eigenvalue weighted by Crippen LogP contribution is 2.22. The maximum atomic E-state index is 6.04. The Kier molecular flexibility index (Phi) is 3.40. The van der Waals surface area contributed by atoms with Gasteiger partial charge in [-0.1, -0.05) is 23.7 Å².